The van der Waals surface area contributed by atoms with Crippen molar-refractivity contribution in [1.82, 2.24) is 15.6 Å². The lowest BCUT2D eigenvalue weighted by molar-refractivity contribution is 0.321. The fourth-order valence-corrected chi connectivity index (χ4v) is 3.11. The third-order valence-electron chi connectivity index (χ3n) is 3.40. The van der Waals surface area contributed by atoms with E-state index in [1.165, 1.54) is 10.9 Å². The molecule has 0 aliphatic rings. The molecular weight excluding hydrogens is 454 g/mol. The fourth-order valence-electron chi connectivity index (χ4n) is 2.23. The van der Waals surface area contributed by atoms with E-state index < -0.39 is 0 Å². The first kappa shape index (κ1) is 21.6. The van der Waals surface area contributed by atoms with Gasteiger partial charge in [-0.25, -0.2) is 9.37 Å². The standard InChI is InChI=1S/C17H23FN4OS.HI/c1-5-23-15-7-6-13(8-14(15)18)9-20-17(19-4)21-10-16-11(2)22-12(3)24-16;/h6-8H,5,9-10H2,1-4H3,(H2,19,20,21);1H. The highest BCUT2D eigenvalue weighted by atomic mass is 127. The highest BCUT2D eigenvalue weighted by Gasteiger charge is 2.07. The Balaban J connectivity index is 0.00000312. The Labute approximate surface area is 169 Å². The number of ether oxygens (including phenoxy) is 1. The SMILES string of the molecule is CCOc1ccc(CNC(=NC)NCc2sc(C)nc2C)cc1F.I. The molecule has 0 saturated carbocycles. The summed E-state index contributed by atoms with van der Waals surface area (Å²) in [6, 6.07) is 4.96. The van der Waals surface area contributed by atoms with Gasteiger partial charge in [-0.2, -0.15) is 0 Å². The van der Waals surface area contributed by atoms with Crippen LogP contribution in [0.5, 0.6) is 5.75 Å². The number of aromatic nitrogens is 1. The number of aliphatic imine (C=N–C) groups is 1. The summed E-state index contributed by atoms with van der Waals surface area (Å²) in [5.41, 5.74) is 1.86. The lowest BCUT2D eigenvalue weighted by atomic mass is 10.2. The Morgan fingerprint density at radius 1 is 1.28 bits per heavy atom. The number of hydrogen-bond acceptors (Lipinski definition) is 4. The number of guanidine groups is 1. The molecule has 1 heterocycles. The van der Waals surface area contributed by atoms with E-state index in [-0.39, 0.29) is 35.5 Å². The predicted molar refractivity (Wildman–Crippen MR) is 112 cm³/mol. The van der Waals surface area contributed by atoms with Crippen LogP contribution >= 0.6 is 35.3 Å². The van der Waals surface area contributed by atoms with Crippen molar-refractivity contribution in [2.24, 2.45) is 4.99 Å². The molecule has 0 spiro atoms. The average Bonchev–Trinajstić information content (AvgIpc) is 2.88. The molecular formula is C17H24FIN4OS. The molecule has 0 saturated heterocycles. The number of nitrogens with one attached hydrogen (secondary N) is 2. The summed E-state index contributed by atoms with van der Waals surface area (Å²) in [7, 11) is 1.71. The third-order valence-corrected chi connectivity index (χ3v) is 4.47. The van der Waals surface area contributed by atoms with Gasteiger partial charge < -0.3 is 15.4 Å². The highest BCUT2D eigenvalue weighted by molar-refractivity contribution is 14.0. The first-order chi connectivity index (χ1) is 11.5. The Hall–Kier alpha value is -1.42. The van der Waals surface area contributed by atoms with Crippen LogP contribution in [0.3, 0.4) is 0 Å². The van der Waals surface area contributed by atoms with E-state index in [9.17, 15) is 4.39 Å². The minimum Gasteiger partial charge on any atom is -0.491 e. The third kappa shape index (κ3) is 6.43. The molecule has 2 rings (SSSR count). The second kappa shape index (κ2) is 10.5. The van der Waals surface area contributed by atoms with E-state index in [2.05, 4.69) is 20.6 Å². The van der Waals surface area contributed by atoms with E-state index in [1.54, 1.807) is 24.5 Å². The molecule has 25 heavy (non-hydrogen) atoms. The smallest absolute Gasteiger partial charge is 0.191 e. The van der Waals surface area contributed by atoms with Gasteiger partial charge in [-0.05, 0) is 38.5 Å². The van der Waals surface area contributed by atoms with Gasteiger partial charge in [0.05, 0.1) is 23.9 Å². The van der Waals surface area contributed by atoms with Gasteiger partial charge in [0.25, 0.3) is 0 Å². The maximum Gasteiger partial charge on any atom is 0.191 e. The highest BCUT2D eigenvalue weighted by Crippen LogP contribution is 2.18. The summed E-state index contributed by atoms with van der Waals surface area (Å²) < 4.78 is 19.1. The first-order valence-electron chi connectivity index (χ1n) is 7.82. The van der Waals surface area contributed by atoms with Gasteiger partial charge in [-0.3, -0.25) is 4.99 Å². The van der Waals surface area contributed by atoms with E-state index in [0.717, 1.165) is 16.3 Å². The second-order valence-electron chi connectivity index (χ2n) is 5.22. The summed E-state index contributed by atoms with van der Waals surface area (Å²) in [6.45, 7) is 7.41. The molecule has 1 aromatic carbocycles. The molecule has 0 amide bonds. The summed E-state index contributed by atoms with van der Waals surface area (Å²) in [6.07, 6.45) is 0. The largest absolute Gasteiger partial charge is 0.491 e. The number of aryl methyl sites for hydroxylation is 2. The first-order valence-corrected chi connectivity index (χ1v) is 8.63. The van der Waals surface area contributed by atoms with Gasteiger partial charge in [0, 0.05) is 18.5 Å². The van der Waals surface area contributed by atoms with E-state index in [0.29, 0.717) is 25.7 Å². The monoisotopic (exact) mass is 478 g/mol. The second-order valence-corrected chi connectivity index (χ2v) is 6.51. The Bertz CT molecular complexity index is 721. The van der Waals surface area contributed by atoms with Crippen LogP contribution < -0.4 is 15.4 Å². The topological polar surface area (TPSA) is 58.5 Å². The molecule has 0 unspecified atom stereocenters. The van der Waals surface area contributed by atoms with Crippen LogP contribution in [0.25, 0.3) is 0 Å². The van der Waals surface area contributed by atoms with E-state index >= 15 is 0 Å². The Kier molecular flexibility index (Phi) is 9.12. The van der Waals surface area contributed by atoms with Crippen molar-refractivity contribution >= 4 is 41.3 Å². The number of benzene rings is 1. The Morgan fingerprint density at radius 3 is 2.56 bits per heavy atom. The number of halogens is 2. The minimum atomic E-state index is -0.352. The summed E-state index contributed by atoms with van der Waals surface area (Å²) >= 11 is 1.67. The van der Waals surface area contributed by atoms with E-state index in [4.69, 9.17) is 4.74 Å². The van der Waals surface area contributed by atoms with Gasteiger partial charge in [-0.1, -0.05) is 6.07 Å². The van der Waals surface area contributed by atoms with Gasteiger partial charge in [0.15, 0.2) is 17.5 Å². The van der Waals surface area contributed by atoms with Gasteiger partial charge >= 0.3 is 0 Å². The molecule has 0 fully saturated rings. The van der Waals surface area contributed by atoms with Crippen LogP contribution in [0.2, 0.25) is 0 Å². The van der Waals surface area contributed by atoms with Crippen LogP contribution in [0.4, 0.5) is 4.39 Å². The van der Waals surface area contributed by atoms with Crippen LogP contribution in [0.1, 0.15) is 28.1 Å². The molecule has 0 aliphatic carbocycles. The van der Waals surface area contributed by atoms with Crippen molar-refractivity contribution < 1.29 is 9.13 Å². The van der Waals surface area contributed by atoms with Crippen LogP contribution in [0.15, 0.2) is 23.2 Å². The van der Waals surface area contributed by atoms with Crippen molar-refractivity contribution in [3.05, 3.63) is 45.2 Å². The zero-order valence-electron chi connectivity index (χ0n) is 14.9. The van der Waals surface area contributed by atoms with Crippen LogP contribution in [-0.2, 0) is 13.1 Å². The van der Waals surface area contributed by atoms with E-state index in [1.807, 2.05) is 26.8 Å². The average molecular weight is 478 g/mol. The normalized spacial score (nSPS) is 11.0. The van der Waals surface area contributed by atoms with Crippen molar-refractivity contribution in [2.45, 2.75) is 33.9 Å². The summed E-state index contributed by atoms with van der Waals surface area (Å²) in [5, 5.41) is 7.48. The molecule has 0 aliphatic heterocycles. The van der Waals surface area contributed by atoms with Gasteiger partial charge in [-0.15, -0.1) is 35.3 Å². The van der Waals surface area contributed by atoms with Crippen LogP contribution in [0, 0.1) is 19.7 Å². The van der Waals surface area contributed by atoms with Crippen molar-refractivity contribution in [2.75, 3.05) is 13.7 Å². The maximum absolute atomic E-state index is 13.9. The number of thiazole rings is 1. The minimum absolute atomic E-state index is 0. The number of hydrogen-bond donors (Lipinski definition) is 2. The molecule has 138 valence electrons. The molecule has 8 heteroatoms. The van der Waals surface area contributed by atoms with Gasteiger partial charge in [0.1, 0.15) is 0 Å². The number of nitrogens with zero attached hydrogens (tertiary/aromatic N) is 2. The molecule has 1 aromatic heterocycles. The molecule has 0 atom stereocenters. The maximum atomic E-state index is 13.9. The predicted octanol–water partition coefficient (Wildman–Crippen LogP) is 3.78. The lowest BCUT2D eigenvalue weighted by Gasteiger charge is -2.12. The molecule has 5 nitrogen and oxygen atoms in total. The van der Waals surface area contributed by atoms with Crippen molar-refractivity contribution in [3.63, 3.8) is 0 Å². The fraction of sp³-hybridized carbons (Fsp3) is 0.412. The lowest BCUT2D eigenvalue weighted by Crippen LogP contribution is -2.36. The van der Waals surface area contributed by atoms with Gasteiger partial charge in [0.2, 0.25) is 0 Å². The van der Waals surface area contributed by atoms with Crippen molar-refractivity contribution in [3.8, 4) is 5.75 Å². The van der Waals surface area contributed by atoms with Crippen LogP contribution in [-0.4, -0.2) is 24.6 Å². The quantitative estimate of drug-likeness (QED) is 0.377. The zero-order chi connectivity index (χ0) is 17.5. The van der Waals surface area contributed by atoms with Crippen molar-refractivity contribution in [1.29, 1.82) is 0 Å². The zero-order valence-corrected chi connectivity index (χ0v) is 18.0. The number of rotatable bonds is 6. The summed E-state index contributed by atoms with van der Waals surface area (Å²) in [4.78, 5) is 9.77. The summed E-state index contributed by atoms with van der Waals surface area (Å²) in [5.74, 6) is 0.587. The molecule has 2 N–H and O–H groups in total. The molecule has 0 bridgehead atoms. The molecule has 0 radical (unpaired) electrons. The Morgan fingerprint density at radius 2 is 2.00 bits per heavy atom. The molecule has 2 aromatic rings.